The van der Waals surface area contributed by atoms with E-state index in [1.807, 2.05) is 11.9 Å². The number of carbonyl (C=O) groups is 3. The maximum Gasteiger partial charge on any atom is 0.326 e. The molecule has 12 heteroatoms. The minimum atomic E-state index is -0.590. The zero-order valence-corrected chi connectivity index (χ0v) is 20.9. The molecule has 2 aromatic rings. The molecule has 0 atom stereocenters. The molecule has 0 unspecified atom stereocenters. The molecule has 12 nitrogen and oxygen atoms in total. The van der Waals surface area contributed by atoms with Crippen molar-refractivity contribution in [2.24, 2.45) is 0 Å². The summed E-state index contributed by atoms with van der Waals surface area (Å²) < 4.78 is 5.42. The second kappa shape index (κ2) is 11.8. The standard InChI is InChI=1S/C25H30N8O4/c1-31-9-10-33(24(35)15-31)14-17-3-4-22(28-20(17)16-34)29-25(36)30-23-11-21(18(12-26)13-27-23)32-7-5-19(37-2)6-8-32/h3-4,11,13,16,19H,5-10,14-15H2,1-2H3,(H2,27,28,29,30,36). The van der Waals surface area contributed by atoms with Crippen molar-refractivity contribution in [1.29, 1.82) is 5.26 Å². The summed E-state index contributed by atoms with van der Waals surface area (Å²) in [6.07, 6.45) is 3.93. The number of aldehydes is 1. The van der Waals surface area contributed by atoms with E-state index in [0.717, 1.165) is 32.5 Å². The van der Waals surface area contributed by atoms with E-state index in [0.29, 0.717) is 36.2 Å². The summed E-state index contributed by atoms with van der Waals surface area (Å²) in [6, 6.07) is 6.50. The molecule has 2 aliphatic rings. The lowest BCUT2D eigenvalue weighted by Gasteiger charge is -2.33. The predicted octanol–water partition coefficient (Wildman–Crippen LogP) is 1.69. The van der Waals surface area contributed by atoms with E-state index in [2.05, 4.69) is 31.6 Å². The zero-order valence-electron chi connectivity index (χ0n) is 20.9. The molecule has 4 heterocycles. The third-order valence-corrected chi connectivity index (χ3v) is 6.60. The molecule has 0 radical (unpaired) electrons. The molecule has 3 amide bonds. The van der Waals surface area contributed by atoms with Gasteiger partial charge in [0.05, 0.1) is 23.9 Å². The van der Waals surface area contributed by atoms with Gasteiger partial charge in [0.15, 0.2) is 6.29 Å². The summed E-state index contributed by atoms with van der Waals surface area (Å²) >= 11 is 0. The van der Waals surface area contributed by atoms with Crippen LogP contribution in [0.1, 0.15) is 34.5 Å². The van der Waals surface area contributed by atoms with Gasteiger partial charge in [0.2, 0.25) is 5.91 Å². The van der Waals surface area contributed by atoms with E-state index in [1.54, 1.807) is 30.2 Å². The van der Waals surface area contributed by atoms with Crippen LogP contribution in [0, 0.1) is 11.3 Å². The summed E-state index contributed by atoms with van der Waals surface area (Å²) in [5.74, 6) is 0.453. The van der Waals surface area contributed by atoms with Crippen LogP contribution in [-0.2, 0) is 16.1 Å². The zero-order chi connectivity index (χ0) is 26.4. The molecule has 0 saturated carbocycles. The van der Waals surface area contributed by atoms with Crippen molar-refractivity contribution in [2.45, 2.75) is 25.5 Å². The number of hydrogen-bond donors (Lipinski definition) is 2. The minimum absolute atomic E-state index is 0.00969. The monoisotopic (exact) mass is 506 g/mol. The summed E-state index contributed by atoms with van der Waals surface area (Å²) in [7, 11) is 3.58. The van der Waals surface area contributed by atoms with Gasteiger partial charge in [-0.15, -0.1) is 0 Å². The van der Waals surface area contributed by atoms with Crippen LogP contribution in [0.5, 0.6) is 0 Å². The fourth-order valence-corrected chi connectivity index (χ4v) is 4.47. The SMILES string of the molecule is COC1CCN(c2cc(NC(=O)Nc3ccc(CN4CCN(C)CC4=O)c(C=O)n3)ncc2C#N)CC1. The second-order valence-corrected chi connectivity index (χ2v) is 9.11. The van der Waals surface area contributed by atoms with Gasteiger partial charge >= 0.3 is 6.03 Å². The molecule has 2 saturated heterocycles. The number of nitrogens with one attached hydrogen (secondary N) is 2. The lowest BCUT2D eigenvalue weighted by molar-refractivity contribution is -0.136. The number of carbonyl (C=O) groups excluding carboxylic acids is 3. The van der Waals surface area contributed by atoms with E-state index in [1.165, 1.54) is 6.20 Å². The van der Waals surface area contributed by atoms with Crippen LogP contribution in [0.15, 0.2) is 24.4 Å². The first-order chi connectivity index (χ1) is 17.9. The molecular weight excluding hydrogens is 476 g/mol. The van der Waals surface area contributed by atoms with Crippen molar-refractivity contribution in [3.05, 3.63) is 41.2 Å². The van der Waals surface area contributed by atoms with Crippen LogP contribution >= 0.6 is 0 Å². The van der Waals surface area contributed by atoms with Gasteiger partial charge < -0.3 is 14.5 Å². The third kappa shape index (κ3) is 6.38. The predicted molar refractivity (Wildman–Crippen MR) is 136 cm³/mol. The average molecular weight is 507 g/mol. The molecular formula is C25H30N8O4. The lowest BCUT2D eigenvalue weighted by atomic mass is 10.1. The van der Waals surface area contributed by atoms with Crippen molar-refractivity contribution in [2.75, 3.05) is 62.4 Å². The van der Waals surface area contributed by atoms with Crippen molar-refractivity contribution in [3.63, 3.8) is 0 Å². The highest BCUT2D eigenvalue weighted by Crippen LogP contribution is 2.26. The topological polar surface area (TPSA) is 144 Å². The highest BCUT2D eigenvalue weighted by atomic mass is 16.5. The molecule has 0 aromatic carbocycles. The van der Waals surface area contributed by atoms with Crippen LogP contribution in [0.4, 0.5) is 22.1 Å². The summed E-state index contributed by atoms with van der Waals surface area (Å²) in [6.45, 7) is 3.40. The van der Waals surface area contributed by atoms with Gasteiger partial charge in [-0.05, 0) is 26.0 Å². The first-order valence-electron chi connectivity index (χ1n) is 12.1. The maximum atomic E-state index is 12.6. The normalized spacial score (nSPS) is 16.8. The van der Waals surface area contributed by atoms with Crippen molar-refractivity contribution >= 4 is 35.5 Å². The summed E-state index contributed by atoms with van der Waals surface area (Å²) in [4.78, 5) is 50.7. The van der Waals surface area contributed by atoms with Crippen LogP contribution in [0.3, 0.4) is 0 Å². The number of nitriles is 1. The number of amides is 3. The van der Waals surface area contributed by atoms with E-state index in [4.69, 9.17) is 4.74 Å². The van der Waals surface area contributed by atoms with Gasteiger partial charge in [0.1, 0.15) is 23.4 Å². The highest BCUT2D eigenvalue weighted by Gasteiger charge is 2.23. The van der Waals surface area contributed by atoms with Gasteiger partial charge in [-0.3, -0.25) is 25.1 Å². The fourth-order valence-electron chi connectivity index (χ4n) is 4.47. The maximum absolute atomic E-state index is 12.6. The molecule has 2 aliphatic heterocycles. The number of piperazine rings is 1. The Balaban J connectivity index is 1.41. The Hall–Kier alpha value is -4.08. The van der Waals surface area contributed by atoms with Crippen LogP contribution < -0.4 is 15.5 Å². The van der Waals surface area contributed by atoms with Crippen LogP contribution in [-0.4, -0.2) is 91.0 Å². The number of piperidine rings is 1. The van der Waals surface area contributed by atoms with Gasteiger partial charge in [0, 0.05) is 57.7 Å². The van der Waals surface area contributed by atoms with E-state index >= 15 is 0 Å². The van der Waals surface area contributed by atoms with Crippen molar-refractivity contribution < 1.29 is 19.1 Å². The smallest absolute Gasteiger partial charge is 0.326 e. The van der Waals surface area contributed by atoms with Crippen molar-refractivity contribution in [1.82, 2.24) is 19.8 Å². The lowest BCUT2D eigenvalue weighted by Crippen LogP contribution is -2.48. The highest BCUT2D eigenvalue weighted by molar-refractivity contribution is 5.99. The quantitative estimate of drug-likeness (QED) is 0.536. The van der Waals surface area contributed by atoms with Gasteiger partial charge in [0.25, 0.3) is 0 Å². The van der Waals surface area contributed by atoms with E-state index in [9.17, 15) is 19.6 Å². The number of urea groups is 1. The first kappa shape index (κ1) is 26.0. The molecule has 2 fully saturated rings. The molecule has 2 aromatic heterocycles. The Morgan fingerprint density at radius 1 is 1.22 bits per heavy atom. The van der Waals surface area contributed by atoms with Gasteiger partial charge in [-0.25, -0.2) is 14.8 Å². The Labute approximate surface area is 215 Å². The summed E-state index contributed by atoms with van der Waals surface area (Å²) in [5, 5.41) is 14.8. The number of methoxy groups -OCH3 is 1. The minimum Gasteiger partial charge on any atom is -0.381 e. The van der Waals surface area contributed by atoms with E-state index in [-0.39, 0.29) is 35.9 Å². The molecule has 0 spiro atoms. The largest absolute Gasteiger partial charge is 0.381 e. The molecule has 194 valence electrons. The van der Waals surface area contributed by atoms with Gasteiger partial charge in [-0.2, -0.15) is 5.26 Å². The number of ether oxygens (including phenoxy) is 1. The number of aromatic nitrogens is 2. The van der Waals surface area contributed by atoms with E-state index < -0.39 is 6.03 Å². The molecule has 37 heavy (non-hydrogen) atoms. The third-order valence-electron chi connectivity index (χ3n) is 6.60. The summed E-state index contributed by atoms with van der Waals surface area (Å²) in [5.41, 5.74) is 1.89. The van der Waals surface area contributed by atoms with Crippen molar-refractivity contribution in [3.8, 4) is 6.07 Å². The fraction of sp³-hybridized carbons (Fsp3) is 0.440. The molecule has 4 rings (SSSR count). The molecule has 2 N–H and O–H groups in total. The average Bonchev–Trinajstić information content (AvgIpc) is 2.91. The number of likely N-dealkylation sites (N-methyl/N-ethyl adjacent to an activating group) is 1. The van der Waals surface area contributed by atoms with Gasteiger partial charge in [-0.1, -0.05) is 6.07 Å². The number of hydrogen-bond acceptors (Lipinski definition) is 9. The van der Waals surface area contributed by atoms with Crippen LogP contribution in [0.2, 0.25) is 0 Å². The number of pyridine rings is 2. The molecule has 0 bridgehead atoms. The first-order valence-corrected chi connectivity index (χ1v) is 12.1. The molecule has 0 aliphatic carbocycles. The Bertz CT molecular complexity index is 1210. The van der Waals surface area contributed by atoms with Crippen LogP contribution in [0.25, 0.3) is 0 Å². The Morgan fingerprint density at radius 2 is 1.97 bits per heavy atom. The number of nitrogens with zero attached hydrogens (tertiary/aromatic N) is 6. The second-order valence-electron chi connectivity index (χ2n) is 9.11. The number of rotatable bonds is 7. The Kier molecular flexibility index (Phi) is 8.27. The number of anilines is 3. The Morgan fingerprint density at radius 3 is 2.65 bits per heavy atom.